The molecule has 15 heavy (non-hydrogen) atoms. The lowest BCUT2D eigenvalue weighted by molar-refractivity contribution is 0.104. The molecule has 2 aromatic rings. The van der Waals surface area contributed by atoms with Crippen molar-refractivity contribution in [2.75, 3.05) is 0 Å². The van der Waals surface area contributed by atoms with Gasteiger partial charge in [-0.15, -0.1) is 22.7 Å². The maximum Gasteiger partial charge on any atom is 0.214 e. The van der Waals surface area contributed by atoms with Crippen LogP contribution >= 0.6 is 61.8 Å². The van der Waals surface area contributed by atoms with Gasteiger partial charge < -0.3 is 0 Å². The third-order valence-electron chi connectivity index (χ3n) is 1.69. The van der Waals surface area contributed by atoms with Gasteiger partial charge in [0.15, 0.2) is 0 Å². The first-order valence-corrected chi connectivity index (χ1v) is 7.06. The lowest BCUT2D eigenvalue weighted by Crippen LogP contribution is -1.95. The third kappa shape index (κ3) is 2.29. The highest BCUT2D eigenvalue weighted by molar-refractivity contribution is 9.10. The highest BCUT2D eigenvalue weighted by Gasteiger charge is 2.17. The van der Waals surface area contributed by atoms with E-state index >= 15 is 0 Å². The van der Waals surface area contributed by atoms with E-state index in [2.05, 4.69) is 15.9 Å². The molecule has 0 bridgehead atoms. The van der Waals surface area contributed by atoms with Crippen molar-refractivity contribution in [3.8, 4) is 0 Å². The predicted molar refractivity (Wildman–Crippen MR) is 69.8 cm³/mol. The summed E-state index contributed by atoms with van der Waals surface area (Å²) in [6.45, 7) is 0. The summed E-state index contributed by atoms with van der Waals surface area (Å²) in [5.41, 5.74) is 0. The van der Waals surface area contributed by atoms with E-state index in [1.54, 1.807) is 17.5 Å². The molecule has 0 aromatic carbocycles. The first kappa shape index (κ1) is 11.6. The molecule has 0 radical (unpaired) electrons. The Kier molecular flexibility index (Phi) is 3.52. The van der Waals surface area contributed by atoms with Crippen molar-refractivity contribution in [3.05, 3.63) is 41.1 Å². The number of thiophene rings is 2. The summed E-state index contributed by atoms with van der Waals surface area (Å²) >= 11 is 17.6. The highest BCUT2D eigenvalue weighted by atomic mass is 79.9. The molecule has 0 N–H and O–H groups in total. The maximum absolute atomic E-state index is 12.0. The molecule has 0 spiro atoms. The SMILES string of the molecule is O=C(c1cc(Br)c(Cl)s1)c1sccc1Cl. The standard InChI is InChI=1S/C9H3BrCl2OS2/c10-4-3-6(15-9(4)12)7(13)8-5(11)1-2-14-8/h1-3H. The average Bonchev–Trinajstić information content (AvgIpc) is 2.74. The van der Waals surface area contributed by atoms with E-state index in [-0.39, 0.29) is 5.78 Å². The first-order chi connectivity index (χ1) is 7.09. The molecule has 0 unspecified atom stereocenters. The zero-order chi connectivity index (χ0) is 11.0. The second-order valence-corrected chi connectivity index (χ2v) is 6.49. The Bertz CT molecular complexity index is 498. The van der Waals surface area contributed by atoms with E-state index in [1.807, 2.05) is 0 Å². The van der Waals surface area contributed by atoms with Gasteiger partial charge in [-0.25, -0.2) is 0 Å². The van der Waals surface area contributed by atoms with E-state index < -0.39 is 0 Å². The molecule has 2 heterocycles. The van der Waals surface area contributed by atoms with Crippen LogP contribution in [0.15, 0.2) is 22.0 Å². The number of halogens is 3. The van der Waals surface area contributed by atoms with E-state index in [0.29, 0.717) is 19.1 Å². The molecular formula is C9H3BrCl2OS2. The van der Waals surface area contributed by atoms with Crippen LogP contribution < -0.4 is 0 Å². The summed E-state index contributed by atoms with van der Waals surface area (Å²) in [6, 6.07) is 3.43. The first-order valence-electron chi connectivity index (χ1n) is 3.82. The average molecular weight is 342 g/mol. The van der Waals surface area contributed by atoms with Crippen LogP contribution in [0.5, 0.6) is 0 Å². The van der Waals surface area contributed by atoms with E-state index in [1.165, 1.54) is 22.7 Å². The van der Waals surface area contributed by atoms with Crippen molar-refractivity contribution in [1.82, 2.24) is 0 Å². The van der Waals surface area contributed by atoms with Crippen LogP contribution in [0.2, 0.25) is 9.36 Å². The van der Waals surface area contributed by atoms with Crippen molar-refractivity contribution < 1.29 is 4.79 Å². The molecule has 0 amide bonds. The largest absolute Gasteiger partial charge is 0.287 e. The smallest absolute Gasteiger partial charge is 0.214 e. The maximum atomic E-state index is 12.0. The normalized spacial score (nSPS) is 10.6. The van der Waals surface area contributed by atoms with Gasteiger partial charge in [-0.3, -0.25) is 4.79 Å². The molecule has 0 fully saturated rings. The Morgan fingerprint density at radius 1 is 1.40 bits per heavy atom. The fourth-order valence-corrected chi connectivity index (χ4v) is 3.83. The van der Waals surface area contributed by atoms with Crippen LogP contribution in [0.4, 0.5) is 0 Å². The van der Waals surface area contributed by atoms with Gasteiger partial charge in [0.1, 0.15) is 4.34 Å². The van der Waals surface area contributed by atoms with E-state index in [9.17, 15) is 4.79 Å². The molecule has 0 aliphatic carbocycles. The van der Waals surface area contributed by atoms with Crippen molar-refractivity contribution in [1.29, 1.82) is 0 Å². The number of rotatable bonds is 2. The second kappa shape index (κ2) is 4.55. The summed E-state index contributed by atoms with van der Waals surface area (Å²) in [5.74, 6) is -0.0763. The Morgan fingerprint density at radius 3 is 2.60 bits per heavy atom. The van der Waals surface area contributed by atoms with Gasteiger partial charge >= 0.3 is 0 Å². The van der Waals surface area contributed by atoms with Crippen LogP contribution in [-0.4, -0.2) is 5.78 Å². The van der Waals surface area contributed by atoms with Gasteiger partial charge in [0.25, 0.3) is 0 Å². The van der Waals surface area contributed by atoms with Crippen molar-refractivity contribution in [3.63, 3.8) is 0 Å². The van der Waals surface area contributed by atoms with Crippen LogP contribution in [-0.2, 0) is 0 Å². The monoisotopic (exact) mass is 340 g/mol. The fraction of sp³-hybridized carbons (Fsp3) is 0. The van der Waals surface area contributed by atoms with Crippen LogP contribution in [0.1, 0.15) is 14.5 Å². The third-order valence-corrected chi connectivity index (χ3v) is 5.51. The Labute approximate surface area is 113 Å². The Hall–Kier alpha value is 0.130. The summed E-state index contributed by atoms with van der Waals surface area (Å²) in [6.07, 6.45) is 0. The summed E-state index contributed by atoms with van der Waals surface area (Å²) in [5, 5.41) is 2.28. The molecule has 2 aromatic heterocycles. The van der Waals surface area contributed by atoms with Crippen LogP contribution in [0.25, 0.3) is 0 Å². The lowest BCUT2D eigenvalue weighted by atomic mass is 10.3. The predicted octanol–water partition coefficient (Wildman–Crippen LogP) is 5.11. The van der Waals surface area contributed by atoms with Gasteiger partial charge in [0.05, 0.1) is 14.8 Å². The molecule has 0 aliphatic heterocycles. The Morgan fingerprint density at radius 2 is 2.13 bits per heavy atom. The quantitative estimate of drug-likeness (QED) is 0.693. The topological polar surface area (TPSA) is 17.1 Å². The number of carbonyl (C=O) groups is 1. The summed E-state index contributed by atoms with van der Waals surface area (Å²) in [4.78, 5) is 13.1. The molecule has 2 rings (SSSR count). The minimum absolute atomic E-state index is 0.0763. The fourth-order valence-electron chi connectivity index (χ4n) is 1.03. The molecule has 0 saturated heterocycles. The van der Waals surface area contributed by atoms with Gasteiger partial charge in [0.2, 0.25) is 5.78 Å². The molecular weight excluding hydrogens is 339 g/mol. The molecule has 1 nitrogen and oxygen atoms in total. The zero-order valence-electron chi connectivity index (χ0n) is 7.09. The Balaban J connectivity index is 2.41. The van der Waals surface area contributed by atoms with Crippen LogP contribution in [0.3, 0.4) is 0 Å². The molecule has 0 aliphatic rings. The van der Waals surface area contributed by atoms with Crippen molar-refractivity contribution in [2.24, 2.45) is 0 Å². The number of hydrogen-bond acceptors (Lipinski definition) is 3. The number of hydrogen-bond donors (Lipinski definition) is 0. The molecule has 78 valence electrons. The number of carbonyl (C=O) groups excluding carboxylic acids is 1. The molecule has 0 saturated carbocycles. The van der Waals surface area contributed by atoms with Gasteiger partial charge in [-0.05, 0) is 33.4 Å². The van der Waals surface area contributed by atoms with E-state index in [4.69, 9.17) is 23.2 Å². The van der Waals surface area contributed by atoms with Crippen LogP contribution in [0, 0.1) is 0 Å². The number of ketones is 1. The van der Waals surface area contributed by atoms with Crippen molar-refractivity contribution in [2.45, 2.75) is 0 Å². The summed E-state index contributed by atoms with van der Waals surface area (Å²) < 4.78 is 1.32. The highest BCUT2D eigenvalue weighted by Crippen LogP contribution is 2.35. The molecule has 0 atom stereocenters. The van der Waals surface area contributed by atoms with Gasteiger partial charge in [-0.2, -0.15) is 0 Å². The molecule has 6 heteroatoms. The van der Waals surface area contributed by atoms with E-state index in [0.717, 1.165) is 4.47 Å². The summed E-state index contributed by atoms with van der Waals surface area (Å²) in [7, 11) is 0. The van der Waals surface area contributed by atoms with Gasteiger partial charge in [-0.1, -0.05) is 23.2 Å². The zero-order valence-corrected chi connectivity index (χ0v) is 11.8. The van der Waals surface area contributed by atoms with Crippen molar-refractivity contribution >= 4 is 67.6 Å². The second-order valence-electron chi connectivity index (χ2n) is 2.66. The lowest BCUT2D eigenvalue weighted by Gasteiger charge is -1.93. The minimum Gasteiger partial charge on any atom is -0.287 e. The van der Waals surface area contributed by atoms with Gasteiger partial charge in [0, 0.05) is 4.47 Å². The minimum atomic E-state index is -0.0763.